The monoisotopic (exact) mass is 184 g/mol. The normalized spacial score (nSPS) is 16.6. The highest BCUT2D eigenvalue weighted by Gasteiger charge is 1.95. The first-order valence-electron chi connectivity index (χ1n) is 6.27. The van der Waals surface area contributed by atoms with Crippen LogP contribution >= 0.6 is 0 Å². The Morgan fingerprint density at radius 2 is 1.23 bits per heavy atom. The molecule has 0 spiro atoms. The predicted molar refractivity (Wildman–Crippen MR) is 62.1 cm³/mol. The minimum atomic E-state index is 0.903. The third-order valence-corrected chi connectivity index (χ3v) is 2.64. The third-order valence-electron chi connectivity index (χ3n) is 2.64. The van der Waals surface area contributed by atoms with Crippen LogP contribution in [0.2, 0.25) is 0 Å². The zero-order valence-electron chi connectivity index (χ0n) is 9.94. The highest BCUT2D eigenvalue weighted by atomic mass is 14.0. The minimum Gasteiger partial charge on any atom is -0.0654 e. The molecule has 0 amide bonds. The summed E-state index contributed by atoms with van der Waals surface area (Å²) in [5, 5.41) is 0. The molecular formula is C13H28. The summed E-state index contributed by atoms with van der Waals surface area (Å²) < 4.78 is 0. The van der Waals surface area contributed by atoms with Crippen LogP contribution in [0.15, 0.2) is 0 Å². The van der Waals surface area contributed by atoms with Crippen LogP contribution in [0.25, 0.3) is 0 Å². The van der Waals surface area contributed by atoms with Gasteiger partial charge < -0.3 is 0 Å². The molecule has 1 fully saturated rings. The van der Waals surface area contributed by atoms with E-state index in [1.165, 1.54) is 57.8 Å². The molecule has 1 rings (SSSR count). The molecule has 1 aliphatic carbocycles. The SMILES string of the molecule is C1CCCCC1.CCCCC(C)C. The van der Waals surface area contributed by atoms with Gasteiger partial charge in [-0.1, -0.05) is 78.6 Å². The third kappa shape index (κ3) is 12.0. The van der Waals surface area contributed by atoms with E-state index in [0.717, 1.165) is 5.92 Å². The molecule has 0 aromatic heterocycles. The van der Waals surface area contributed by atoms with Crippen LogP contribution in [0.1, 0.15) is 78.6 Å². The fourth-order valence-electron chi connectivity index (χ4n) is 1.67. The Bertz CT molecular complexity index is 68.5. The minimum absolute atomic E-state index is 0.903. The van der Waals surface area contributed by atoms with Gasteiger partial charge in [0.25, 0.3) is 0 Å². The number of unbranched alkanes of at least 4 members (excludes halogenated alkanes) is 1. The van der Waals surface area contributed by atoms with E-state index in [0.29, 0.717) is 0 Å². The molecule has 0 nitrogen and oxygen atoms in total. The van der Waals surface area contributed by atoms with E-state index < -0.39 is 0 Å². The summed E-state index contributed by atoms with van der Waals surface area (Å²) in [5.41, 5.74) is 0. The van der Waals surface area contributed by atoms with Gasteiger partial charge in [-0.3, -0.25) is 0 Å². The van der Waals surface area contributed by atoms with Crippen molar-refractivity contribution < 1.29 is 0 Å². The lowest BCUT2D eigenvalue weighted by molar-refractivity contribution is 0.504. The number of hydrogen-bond donors (Lipinski definition) is 0. The lowest BCUT2D eigenvalue weighted by atomic mass is 10.0. The fourth-order valence-corrected chi connectivity index (χ4v) is 1.67. The average molecular weight is 184 g/mol. The van der Waals surface area contributed by atoms with Crippen molar-refractivity contribution in [2.24, 2.45) is 5.92 Å². The summed E-state index contributed by atoms with van der Waals surface area (Å²) >= 11 is 0. The summed E-state index contributed by atoms with van der Waals surface area (Å²) in [6.45, 7) is 6.79. The van der Waals surface area contributed by atoms with Crippen molar-refractivity contribution >= 4 is 0 Å². The van der Waals surface area contributed by atoms with Crippen LogP contribution in [0.3, 0.4) is 0 Å². The van der Waals surface area contributed by atoms with Crippen LogP contribution in [-0.4, -0.2) is 0 Å². The van der Waals surface area contributed by atoms with Crippen LogP contribution in [-0.2, 0) is 0 Å². The van der Waals surface area contributed by atoms with Crippen LogP contribution < -0.4 is 0 Å². The molecule has 1 saturated carbocycles. The molecule has 0 aromatic carbocycles. The van der Waals surface area contributed by atoms with E-state index in [1.807, 2.05) is 0 Å². The van der Waals surface area contributed by atoms with E-state index in [2.05, 4.69) is 20.8 Å². The van der Waals surface area contributed by atoms with Crippen molar-refractivity contribution in [3.63, 3.8) is 0 Å². The molecule has 0 unspecified atom stereocenters. The smallest absolute Gasteiger partial charge is 0.0471 e. The van der Waals surface area contributed by atoms with Gasteiger partial charge in [0, 0.05) is 0 Å². The molecule has 0 aliphatic heterocycles. The van der Waals surface area contributed by atoms with Gasteiger partial charge in [0.05, 0.1) is 0 Å². The largest absolute Gasteiger partial charge is 0.0654 e. The van der Waals surface area contributed by atoms with Crippen molar-refractivity contribution in [1.29, 1.82) is 0 Å². The van der Waals surface area contributed by atoms with E-state index in [1.54, 1.807) is 0 Å². The number of rotatable bonds is 3. The van der Waals surface area contributed by atoms with Crippen molar-refractivity contribution in [2.45, 2.75) is 78.6 Å². The Balaban J connectivity index is 0.000000223. The first-order chi connectivity index (χ1) is 6.27. The molecule has 0 radical (unpaired) electrons. The van der Waals surface area contributed by atoms with E-state index >= 15 is 0 Å². The fraction of sp³-hybridized carbons (Fsp3) is 1.00. The number of hydrogen-bond acceptors (Lipinski definition) is 0. The van der Waals surface area contributed by atoms with Gasteiger partial charge in [-0.25, -0.2) is 0 Å². The standard InChI is InChI=1S/C7H16.C6H12/c1-4-5-6-7(2)3;1-2-4-6-5-3-1/h7H,4-6H2,1-3H3;1-6H2. The molecule has 80 valence electrons. The zero-order chi connectivity index (χ0) is 9.94. The summed E-state index contributed by atoms with van der Waals surface area (Å²) in [6.07, 6.45) is 13.1. The van der Waals surface area contributed by atoms with E-state index in [-0.39, 0.29) is 0 Å². The summed E-state index contributed by atoms with van der Waals surface area (Å²) in [7, 11) is 0. The summed E-state index contributed by atoms with van der Waals surface area (Å²) in [4.78, 5) is 0. The van der Waals surface area contributed by atoms with Crippen molar-refractivity contribution in [2.75, 3.05) is 0 Å². The first-order valence-corrected chi connectivity index (χ1v) is 6.27. The molecule has 0 saturated heterocycles. The van der Waals surface area contributed by atoms with Gasteiger partial charge in [0.1, 0.15) is 0 Å². The van der Waals surface area contributed by atoms with Gasteiger partial charge in [-0.05, 0) is 5.92 Å². The quantitative estimate of drug-likeness (QED) is 0.567. The summed E-state index contributed by atoms with van der Waals surface area (Å²) in [5.74, 6) is 0.903. The topological polar surface area (TPSA) is 0 Å². The molecule has 13 heavy (non-hydrogen) atoms. The second-order valence-corrected chi connectivity index (χ2v) is 4.66. The van der Waals surface area contributed by atoms with Crippen molar-refractivity contribution in [1.82, 2.24) is 0 Å². The van der Waals surface area contributed by atoms with Crippen LogP contribution in [0.5, 0.6) is 0 Å². The lowest BCUT2D eigenvalue weighted by Crippen LogP contribution is -1.85. The second kappa shape index (κ2) is 10.1. The van der Waals surface area contributed by atoms with Gasteiger partial charge in [0.2, 0.25) is 0 Å². The van der Waals surface area contributed by atoms with E-state index in [4.69, 9.17) is 0 Å². The maximum absolute atomic E-state index is 2.27. The molecule has 0 heteroatoms. The Hall–Kier alpha value is 0. The molecule has 1 aliphatic rings. The van der Waals surface area contributed by atoms with Crippen LogP contribution in [0.4, 0.5) is 0 Å². The molecule has 0 heterocycles. The highest BCUT2D eigenvalue weighted by molar-refractivity contribution is 4.51. The summed E-state index contributed by atoms with van der Waals surface area (Å²) in [6, 6.07) is 0. The Morgan fingerprint density at radius 3 is 1.38 bits per heavy atom. The van der Waals surface area contributed by atoms with Crippen molar-refractivity contribution in [3.8, 4) is 0 Å². The molecule has 0 N–H and O–H groups in total. The zero-order valence-corrected chi connectivity index (χ0v) is 9.94. The Labute approximate surface area is 85.1 Å². The maximum Gasteiger partial charge on any atom is -0.0471 e. The van der Waals surface area contributed by atoms with Gasteiger partial charge >= 0.3 is 0 Å². The van der Waals surface area contributed by atoms with Gasteiger partial charge in [-0.2, -0.15) is 0 Å². The highest BCUT2D eigenvalue weighted by Crippen LogP contribution is 2.15. The molecular weight excluding hydrogens is 156 g/mol. The Morgan fingerprint density at radius 1 is 0.846 bits per heavy atom. The molecule has 0 bridgehead atoms. The molecule has 0 aromatic rings. The van der Waals surface area contributed by atoms with E-state index in [9.17, 15) is 0 Å². The maximum atomic E-state index is 2.27. The Kier molecular flexibility index (Phi) is 10.1. The first kappa shape index (κ1) is 13.0. The average Bonchev–Trinajstić information content (AvgIpc) is 2.18. The van der Waals surface area contributed by atoms with Gasteiger partial charge in [-0.15, -0.1) is 0 Å². The van der Waals surface area contributed by atoms with Crippen molar-refractivity contribution in [3.05, 3.63) is 0 Å². The molecule has 0 atom stereocenters. The predicted octanol–water partition coefficient (Wildman–Crippen LogP) is 5.17. The second-order valence-electron chi connectivity index (χ2n) is 4.66. The van der Waals surface area contributed by atoms with Gasteiger partial charge in [0.15, 0.2) is 0 Å². The van der Waals surface area contributed by atoms with Crippen LogP contribution in [0, 0.1) is 5.92 Å². The lowest BCUT2D eigenvalue weighted by Gasteiger charge is -2.05.